The molecule has 0 bridgehead atoms. The number of hydrogen-bond acceptors (Lipinski definition) is 4. The predicted molar refractivity (Wildman–Crippen MR) is 116 cm³/mol. The van der Waals surface area contributed by atoms with E-state index in [9.17, 15) is 9.90 Å². The minimum absolute atomic E-state index is 0.122. The Balaban J connectivity index is 1.51. The van der Waals surface area contributed by atoms with E-state index in [1.165, 1.54) is 0 Å². The molecule has 1 heterocycles. The van der Waals surface area contributed by atoms with Gasteiger partial charge in [0.15, 0.2) is 0 Å². The van der Waals surface area contributed by atoms with Crippen molar-refractivity contribution in [2.75, 3.05) is 19.8 Å². The highest BCUT2D eigenvalue weighted by atomic mass is 16.5. The van der Waals surface area contributed by atoms with Crippen LogP contribution < -0.4 is 5.32 Å². The van der Waals surface area contributed by atoms with Crippen molar-refractivity contribution in [2.24, 2.45) is 0 Å². The Bertz CT molecular complexity index is 983. The van der Waals surface area contributed by atoms with Gasteiger partial charge in [-0.05, 0) is 35.2 Å². The van der Waals surface area contributed by atoms with Crippen LogP contribution in [0.2, 0.25) is 0 Å². The number of nitrogens with one attached hydrogen (secondary N) is 1. The van der Waals surface area contributed by atoms with E-state index in [4.69, 9.17) is 9.47 Å². The van der Waals surface area contributed by atoms with E-state index in [1.54, 1.807) is 6.07 Å². The first-order valence-corrected chi connectivity index (χ1v) is 10.5. The summed E-state index contributed by atoms with van der Waals surface area (Å²) in [5.74, 6) is 0.0426. The summed E-state index contributed by atoms with van der Waals surface area (Å²) >= 11 is 0. The summed E-state index contributed by atoms with van der Waals surface area (Å²) in [7, 11) is 0. The predicted octanol–water partition coefficient (Wildman–Crippen LogP) is 4.34. The number of ether oxygens (including phenoxy) is 2. The Hall–Kier alpha value is -2.89. The number of carbonyl (C=O) groups is 1. The van der Waals surface area contributed by atoms with Gasteiger partial charge in [-0.2, -0.15) is 0 Å². The summed E-state index contributed by atoms with van der Waals surface area (Å²) in [4.78, 5) is 12.7. The van der Waals surface area contributed by atoms with Crippen LogP contribution in [0.5, 0.6) is 5.75 Å². The first kappa shape index (κ1) is 20.4. The molecule has 156 valence electrons. The maximum Gasteiger partial charge on any atom is 0.223 e. The molecule has 0 aliphatic carbocycles. The van der Waals surface area contributed by atoms with Crippen LogP contribution in [0.1, 0.15) is 36.4 Å². The van der Waals surface area contributed by atoms with Crippen molar-refractivity contribution >= 4 is 16.7 Å². The van der Waals surface area contributed by atoms with E-state index < -0.39 is 6.04 Å². The monoisotopic (exact) mass is 405 g/mol. The zero-order chi connectivity index (χ0) is 20.8. The molecule has 1 amide bonds. The average Bonchev–Trinajstić information content (AvgIpc) is 3.30. The van der Waals surface area contributed by atoms with Gasteiger partial charge in [0.05, 0.1) is 25.4 Å². The minimum Gasteiger partial charge on any atom is -0.508 e. The van der Waals surface area contributed by atoms with Gasteiger partial charge >= 0.3 is 0 Å². The maximum atomic E-state index is 12.7. The normalized spacial score (nSPS) is 17.1. The summed E-state index contributed by atoms with van der Waals surface area (Å²) < 4.78 is 11.2. The summed E-state index contributed by atoms with van der Waals surface area (Å²) in [6.07, 6.45) is 2.49. The molecule has 1 aliphatic heterocycles. The maximum absolute atomic E-state index is 12.7. The van der Waals surface area contributed by atoms with Gasteiger partial charge in [0.25, 0.3) is 0 Å². The molecule has 0 saturated carbocycles. The summed E-state index contributed by atoms with van der Waals surface area (Å²) in [6, 6.07) is 20.7. The molecule has 1 fully saturated rings. The number of hydrogen-bond donors (Lipinski definition) is 2. The van der Waals surface area contributed by atoms with Crippen LogP contribution in [0.25, 0.3) is 10.8 Å². The molecule has 4 rings (SSSR count). The van der Waals surface area contributed by atoms with Gasteiger partial charge < -0.3 is 19.9 Å². The van der Waals surface area contributed by atoms with Crippen LogP contribution >= 0.6 is 0 Å². The highest BCUT2D eigenvalue weighted by Crippen LogP contribution is 2.35. The van der Waals surface area contributed by atoms with Crippen molar-refractivity contribution in [3.8, 4) is 5.75 Å². The highest BCUT2D eigenvalue weighted by molar-refractivity contribution is 5.89. The molecule has 30 heavy (non-hydrogen) atoms. The fourth-order valence-electron chi connectivity index (χ4n) is 3.94. The second-order valence-electron chi connectivity index (χ2n) is 7.59. The van der Waals surface area contributed by atoms with E-state index >= 15 is 0 Å². The molecule has 1 saturated heterocycles. The van der Waals surface area contributed by atoms with Crippen LogP contribution in [0.15, 0.2) is 66.7 Å². The molecule has 3 aromatic rings. The fraction of sp³-hybridized carbons (Fsp3) is 0.320. The number of amides is 1. The number of rotatable bonds is 8. The fourth-order valence-corrected chi connectivity index (χ4v) is 3.94. The van der Waals surface area contributed by atoms with Gasteiger partial charge in [-0.25, -0.2) is 0 Å². The lowest BCUT2D eigenvalue weighted by Crippen LogP contribution is -2.30. The van der Waals surface area contributed by atoms with Crippen LogP contribution in [-0.4, -0.2) is 36.9 Å². The summed E-state index contributed by atoms with van der Waals surface area (Å²) in [5, 5.41) is 15.7. The van der Waals surface area contributed by atoms with Crippen molar-refractivity contribution in [2.45, 2.75) is 31.4 Å². The van der Waals surface area contributed by atoms with E-state index in [1.807, 2.05) is 60.7 Å². The Morgan fingerprint density at radius 1 is 1.10 bits per heavy atom. The van der Waals surface area contributed by atoms with E-state index in [2.05, 4.69) is 5.32 Å². The van der Waals surface area contributed by atoms with Crippen LogP contribution in [-0.2, 0) is 14.3 Å². The third-order valence-corrected chi connectivity index (χ3v) is 5.48. The quantitative estimate of drug-likeness (QED) is 0.547. The Kier molecular flexibility index (Phi) is 6.62. The van der Waals surface area contributed by atoms with Crippen LogP contribution in [0.4, 0.5) is 0 Å². The smallest absolute Gasteiger partial charge is 0.223 e. The van der Waals surface area contributed by atoms with Crippen molar-refractivity contribution in [1.82, 2.24) is 5.32 Å². The zero-order valence-corrected chi connectivity index (χ0v) is 16.9. The van der Waals surface area contributed by atoms with Crippen molar-refractivity contribution in [3.63, 3.8) is 0 Å². The molecule has 3 aromatic carbocycles. The highest BCUT2D eigenvalue weighted by Gasteiger charge is 2.22. The second kappa shape index (κ2) is 9.74. The van der Waals surface area contributed by atoms with Crippen LogP contribution in [0.3, 0.4) is 0 Å². The number of benzene rings is 3. The van der Waals surface area contributed by atoms with Gasteiger partial charge in [-0.3, -0.25) is 4.79 Å². The number of aromatic hydroxyl groups is 1. The lowest BCUT2D eigenvalue weighted by atomic mass is 9.92. The molecule has 2 N–H and O–H groups in total. The van der Waals surface area contributed by atoms with E-state index in [-0.39, 0.29) is 24.2 Å². The van der Waals surface area contributed by atoms with Crippen molar-refractivity contribution in [1.29, 1.82) is 0 Å². The number of carbonyl (C=O) groups excluding carboxylic acids is 1. The Morgan fingerprint density at radius 3 is 2.70 bits per heavy atom. The van der Waals surface area contributed by atoms with Crippen molar-refractivity contribution in [3.05, 3.63) is 77.9 Å². The van der Waals surface area contributed by atoms with Crippen LogP contribution in [0, 0.1) is 0 Å². The summed E-state index contributed by atoms with van der Waals surface area (Å²) in [5.41, 5.74) is 1.62. The van der Waals surface area contributed by atoms with Gasteiger partial charge in [0.1, 0.15) is 5.75 Å². The van der Waals surface area contributed by atoms with Gasteiger partial charge in [0.2, 0.25) is 5.91 Å². The number of phenolic OH excluding ortho intramolecular Hbond substituents is 1. The molecular formula is C25H27NO4. The first-order valence-electron chi connectivity index (χ1n) is 10.5. The lowest BCUT2D eigenvalue weighted by molar-refractivity contribution is -0.123. The molecule has 1 aliphatic rings. The van der Waals surface area contributed by atoms with E-state index in [0.717, 1.165) is 35.8 Å². The summed E-state index contributed by atoms with van der Waals surface area (Å²) in [6.45, 7) is 1.66. The number of fused-ring (bicyclic) bond motifs is 1. The third-order valence-electron chi connectivity index (χ3n) is 5.48. The van der Waals surface area contributed by atoms with E-state index in [0.29, 0.717) is 18.8 Å². The second-order valence-corrected chi connectivity index (χ2v) is 7.59. The van der Waals surface area contributed by atoms with Gasteiger partial charge in [-0.15, -0.1) is 0 Å². The third kappa shape index (κ3) is 4.81. The average molecular weight is 405 g/mol. The minimum atomic E-state index is -0.456. The largest absolute Gasteiger partial charge is 0.508 e. The number of phenols is 1. The molecule has 0 radical (unpaired) electrons. The lowest BCUT2D eigenvalue weighted by Gasteiger charge is -2.23. The first-order chi connectivity index (χ1) is 14.7. The molecule has 5 heteroatoms. The molecule has 0 spiro atoms. The molecule has 5 nitrogen and oxygen atoms in total. The Morgan fingerprint density at radius 2 is 1.90 bits per heavy atom. The van der Waals surface area contributed by atoms with Crippen molar-refractivity contribution < 1.29 is 19.4 Å². The molecule has 2 unspecified atom stereocenters. The zero-order valence-electron chi connectivity index (χ0n) is 16.9. The molecular weight excluding hydrogens is 378 g/mol. The Labute approximate surface area is 176 Å². The molecule has 2 atom stereocenters. The van der Waals surface area contributed by atoms with Gasteiger partial charge in [0, 0.05) is 18.6 Å². The topological polar surface area (TPSA) is 67.8 Å². The van der Waals surface area contributed by atoms with Gasteiger partial charge in [-0.1, -0.05) is 60.7 Å². The SMILES string of the molecule is O=C(CCOCC1CCCO1)NC(c1ccccc1)c1c(O)ccc2ccccc12. The standard InChI is InChI=1S/C25H27NO4/c27-22-13-12-18-7-4-5-11-21(18)24(22)25(19-8-2-1-3-9-19)26-23(28)14-16-29-17-20-10-6-15-30-20/h1-5,7-9,11-13,20,25,27H,6,10,14-17H2,(H,26,28). The molecule has 0 aromatic heterocycles.